The van der Waals surface area contributed by atoms with Crippen LogP contribution in [0.2, 0.25) is 5.02 Å². The van der Waals surface area contributed by atoms with E-state index in [0.29, 0.717) is 22.4 Å². The first kappa shape index (κ1) is 19.6. The largest absolute Gasteiger partial charge is 0.494 e. The Morgan fingerprint density at radius 3 is 2.90 bits per heavy atom. The van der Waals surface area contributed by atoms with E-state index < -0.39 is 0 Å². The van der Waals surface area contributed by atoms with Crippen molar-refractivity contribution < 1.29 is 4.74 Å². The molecule has 0 amide bonds. The van der Waals surface area contributed by atoms with Crippen molar-refractivity contribution in [3.63, 3.8) is 0 Å². The first-order valence-corrected chi connectivity index (χ1v) is 10.4. The zero-order valence-electron chi connectivity index (χ0n) is 17.0. The maximum atomic E-state index is 6.42. The van der Waals surface area contributed by atoms with E-state index in [0.717, 1.165) is 42.2 Å². The summed E-state index contributed by atoms with van der Waals surface area (Å²) >= 11 is 6.42. The van der Waals surface area contributed by atoms with Gasteiger partial charge in [0, 0.05) is 37.1 Å². The maximum absolute atomic E-state index is 6.42. The number of rotatable bonds is 5. The Hall–Kier alpha value is -3.36. The molecule has 0 spiro atoms. The van der Waals surface area contributed by atoms with Crippen LogP contribution in [-0.2, 0) is 0 Å². The van der Waals surface area contributed by atoms with Gasteiger partial charge in [-0.15, -0.1) is 0 Å². The van der Waals surface area contributed by atoms with E-state index in [2.05, 4.69) is 25.2 Å². The van der Waals surface area contributed by atoms with Gasteiger partial charge in [0.1, 0.15) is 17.1 Å². The number of methoxy groups -OCH3 is 1. The van der Waals surface area contributed by atoms with E-state index in [1.165, 1.54) is 0 Å². The second-order valence-corrected chi connectivity index (χ2v) is 7.87. The van der Waals surface area contributed by atoms with Crippen molar-refractivity contribution in [3.8, 4) is 17.1 Å². The quantitative estimate of drug-likeness (QED) is 0.493. The zero-order valence-corrected chi connectivity index (χ0v) is 17.8. The highest BCUT2D eigenvalue weighted by Crippen LogP contribution is 2.33. The fourth-order valence-corrected chi connectivity index (χ4v) is 4.02. The Labute approximate surface area is 184 Å². The third-order valence-corrected chi connectivity index (χ3v) is 5.70. The Bertz CT molecular complexity index is 1240. The molecule has 3 N–H and O–H groups in total. The van der Waals surface area contributed by atoms with Crippen LogP contribution in [0.5, 0.6) is 5.75 Å². The zero-order chi connectivity index (χ0) is 21.4. The van der Waals surface area contributed by atoms with Crippen LogP contribution in [0.4, 0.5) is 17.3 Å². The molecule has 8 nitrogen and oxygen atoms in total. The summed E-state index contributed by atoms with van der Waals surface area (Å²) in [6, 6.07) is 12.0. The summed E-state index contributed by atoms with van der Waals surface area (Å²) in [7, 11) is 1.65. The van der Waals surface area contributed by atoms with Crippen LogP contribution >= 0.6 is 11.6 Å². The fourth-order valence-electron chi connectivity index (χ4n) is 3.84. The van der Waals surface area contributed by atoms with Crippen LogP contribution in [0.1, 0.15) is 6.42 Å². The third kappa shape index (κ3) is 3.75. The highest BCUT2D eigenvalue weighted by Gasteiger charge is 2.20. The van der Waals surface area contributed by atoms with E-state index in [1.54, 1.807) is 19.5 Å². The highest BCUT2D eigenvalue weighted by molar-refractivity contribution is 6.32. The maximum Gasteiger partial charge on any atom is 0.227 e. The number of hydrogen-bond acceptors (Lipinski definition) is 7. The predicted octanol–water partition coefficient (Wildman–Crippen LogP) is 3.73. The van der Waals surface area contributed by atoms with Gasteiger partial charge < -0.3 is 20.7 Å². The van der Waals surface area contributed by atoms with Gasteiger partial charge in [0.05, 0.1) is 35.9 Å². The number of imidazole rings is 1. The molecule has 5 rings (SSSR count). The molecule has 0 bridgehead atoms. The van der Waals surface area contributed by atoms with E-state index in [1.807, 2.05) is 47.0 Å². The SMILES string of the molecule is COc1cc(N2CC[C@@H](N)C2)ccc1Nc1ncc(Cl)c(-c2cnc3ccccn23)n1. The number of aromatic nitrogens is 4. The van der Waals surface area contributed by atoms with Crippen LogP contribution in [0, 0.1) is 0 Å². The van der Waals surface area contributed by atoms with Crippen molar-refractivity contribution >= 4 is 34.6 Å². The molecule has 4 heterocycles. The average Bonchev–Trinajstić information content (AvgIpc) is 3.42. The summed E-state index contributed by atoms with van der Waals surface area (Å²) in [6.07, 6.45) is 6.26. The summed E-state index contributed by atoms with van der Waals surface area (Å²) in [5, 5.41) is 3.70. The molecule has 1 aromatic carbocycles. The normalized spacial score (nSPS) is 16.1. The van der Waals surface area contributed by atoms with Crippen molar-refractivity contribution in [1.82, 2.24) is 19.4 Å². The molecule has 4 aromatic rings. The predicted molar refractivity (Wildman–Crippen MR) is 122 cm³/mol. The Kier molecular flexibility index (Phi) is 5.09. The van der Waals surface area contributed by atoms with Crippen LogP contribution in [0.25, 0.3) is 17.0 Å². The molecular weight excluding hydrogens is 414 g/mol. The van der Waals surface area contributed by atoms with Crippen molar-refractivity contribution in [2.45, 2.75) is 12.5 Å². The van der Waals surface area contributed by atoms with E-state index in [-0.39, 0.29) is 6.04 Å². The molecule has 1 aliphatic rings. The number of nitrogens with zero attached hydrogens (tertiary/aromatic N) is 5. The second-order valence-electron chi connectivity index (χ2n) is 7.47. The lowest BCUT2D eigenvalue weighted by atomic mass is 10.2. The van der Waals surface area contributed by atoms with Gasteiger partial charge in [-0.3, -0.25) is 4.40 Å². The smallest absolute Gasteiger partial charge is 0.227 e. The summed E-state index contributed by atoms with van der Waals surface area (Å²) in [4.78, 5) is 15.7. The first-order valence-electron chi connectivity index (χ1n) is 10.0. The van der Waals surface area contributed by atoms with E-state index >= 15 is 0 Å². The van der Waals surface area contributed by atoms with Gasteiger partial charge in [0.2, 0.25) is 5.95 Å². The number of anilines is 3. The molecule has 0 radical (unpaired) electrons. The van der Waals surface area contributed by atoms with E-state index in [4.69, 9.17) is 22.1 Å². The Morgan fingerprint density at radius 1 is 1.19 bits per heavy atom. The number of nitrogens with one attached hydrogen (secondary N) is 1. The minimum atomic E-state index is 0.212. The van der Waals surface area contributed by atoms with Crippen molar-refractivity contribution in [2.24, 2.45) is 5.73 Å². The highest BCUT2D eigenvalue weighted by atomic mass is 35.5. The summed E-state index contributed by atoms with van der Waals surface area (Å²) in [5.74, 6) is 1.12. The first-order chi connectivity index (χ1) is 15.1. The van der Waals surface area contributed by atoms with Crippen molar-refractivity contribution in [2.75, 3.05) is 30.4 Å². The number of nitrogens with two attached hydrogens (primary N) is 1. The lowest BCUT2D eigenvalue weighted by molar-refractivity contribution is 0.417. The second kappa shape index (κ2) is 8.05. The van der Waals surface area contributed by atoms with Crippen molar-refractivity contribution in [1.29, 1.82) is 0 Å². The van der Waals surface area contributed by atoms with Crippen LogP contribution in [0.15, 0.2) is 55.0 Å². The molecule has 31 heavy (non-hydrogen) atoms. The standard InChI is InChI=1S/C22H22ClN7O/c1-31-19-10-15(29-9-7-14(24)13-29)5-6-17(19)27-22-26-11-16(23)21(28-22)18-12-25-20-4-2-3-8-30(18)20/h2-6,8,10-12,14H,7,9,13,24H2,1H3,(H,26,27,28)/t14-/m1/s1. The number of fused-ring (bicyclic) bond motifs is 1. The Morgan fingerprint density at radius 2 is 2.10 bits per heavy atom. The molecule has 1 saturated heterocycles. The molecule has 0 saturated carbocycles. The summed E-state index contributed by atoms with van der Waals surface area (Å²) in [5.41, 5.74) is 10.1. The topological polar surface area (TPSA) is 93.6 Å². The van der Waals surface area contributed by atoms with Gasteiger partial charge in [0.25, 0.3) is 0 Å². The van der Waals surface area contributed by atoms with Gasteiger partial charge in [-0.25, -0.2) is 15.0 Å². The third-order valence-electron chi connectivity index (χ3n) is 5.43. The number of benzene rings is 1. The van der Waals surface area contributed by atoms with Gasteiger partial charge in [0.15, 0.2) is 0 Å². The minimum absolute atomic E-state index is 0.212. The number of hydrogen-bond donors (Lipinski definition) is 2. The molecule has 1 aliphatic heterocycles. The molecule has 9 heteroatoms. The van der Waals surface area contributed by atoms with E-state index in [9.17, 15) is 0 Å². The molecule has 158 valence electrons. The van der Waals surface area contributed by atoms with Crippen LogP contribution in [0.3, 0.4) is 0 Å². The molecular formula is C22H22ClN7O. The molecule has 0 unspecified atom stereocenters. The molecule has 3 aromatic heterocycles. The van der Waals surface area contributed by atoms with Crippen LogP contribution < -0.4 is 20.7 Å². The minimum Gasteiger partial charge on any atom is -0.494 e. The van der Waals surface area contributed by atoms with Crippen molar-refractivity contribution in [3.05, 3.63) is 60.0 Å². The number of ether oxygens (including phenoxy) is 1. The molecule has 0 aliphatic carbocycles. The van der Waals surface area contributed by atoms with Gasteiger partial charge in [-0.05, 0) is 30.7 Å². The fraction of sp³-hybridized carbons (Fsp3) is 0.227. The average molecular weight is 436 g/mol. The molecule has 1 atom stereocenters. The lowest BCUT2D eigenvalue weighted by Crippen LogP contribution is -2.26. The summed E-state index contributed by atoms with van der Waals surface area (Å²) in [6.45, 7) is 1.79. The number of pyridine rings is 1. The summed E-state index contributed by atoms with van der Waals surface area (Å²) < 4.78 is 7.55. The van der Waals surface area contributed by atoms with Gasteiger partial charge in [-0.2, -0.15) is 0 Å². The number of halogens is 1. The van der Waals surface area contributed by atoms with Gasteiger partial charge >= 0.3 is 0 Å². The monoisotopic (exact) mass is 435 g/mol. The van der Waals surface area contributed by atoms with Gasteiger partial charge in [-0.1, -0.05) is 17.7 Å². The molecule has 1 fully saturated rings. The lowest BCUT2D eigenvalue weighted by Gasteiger charge is -2.20. The van der Waals surface area contributed by atoms with Crippen LogP contribution in [-0.4, -0.2) is 45.6 Å². The Balaban J connectivity index is 1.46.